The van der Waals surface area contributed by atoms with Gasteiger partial charge in [0.1, 0.15) is 17.2 Å². The van der Waals surface area contributed by atoms with Crippen LogP contribution in [0.2, 0.25) is 0 Å². The molecule has 0 aliphatic carbocycles. The van der Waals surface area contributed by atoms with E-state index in [-0.39, 0.29) is 5.82 Å². The lowest BCUT2D eigenvalue weighted by atomic mass is 9.92. The number of nitrogens with zero attached hydrogens (tertiary/aromatic N) is 1. The first-order chi connectivity index (χ1) is 7.02. The molecule has 0 unspecified atom stereocenters. The molecule has 0 saturated heterocycles. The van der Waals surface area contributed by atoms with Crippen molar-refractivity contribution in [3.63, 3.8) is 0 Å². The molecule has 0 aromatic heterocycles. The summed E-state index contributed by atoms with van der Waals surface area (Å²) in [5.41, 5.74) is 0.560. The Morgan fingerprint density at radius 1 is 1.47 bits per heavy atom. The highest BCUT2D eigenvalue weighted by Gasteiger charge is 2.31. The van der Waals surface area contributed by atoms with Crippen molar-refractivity contribution in [2.45, 2.75) is 25.9 Å². The number of hydrogen-bond acceptors (Lipinski definition) is 3. The standard InChI is InChI=1S/C11H12FNO2/c1-11(2)6-9(13-14)8-5-7(12)3-4-10(8)15-11/h3-5,14H,6H2,1-2H3. The van der Waals surface area contributed by atoms with Crippen molar-refractivity contribution in [3.8, 4) is 5.75 Å². The van der Waals surface area contributed by atoms with Crippen molar-refractivity contribution in [1.82, 2.24) is 0 Å². The van der Waals surface area contributed by atoms with E-state index in [0.29, 0.717) is 23.4 Å². The lowest BCUT2D eigenvalue weighted by Crippen LogP contribution is -2.36. The highest BCUT2D eigenvalue weighted by molar-refractivity contribution is 6.04. The first-order valence-electron chi connectivity index (χ1n) is 4.72. The van der Waals surface area contributed by atoms with E-state index in [1.807, 2.05) is 13.8 Å². The van der Waals surface area contributed by atoms with Crippen LogP contribution in [-0.4, -0.2) is 16.5 Å². The summed E-state index contributed by atoms with van der Waals surface area (Å²) >= 11 is 0. The Balaban J connectivity index is 2.55. The van der Waals surface area contributed by atoms with Gasteiger partial charge in [-0.15, -0.1) is 0 Å². The Morgan fingerprint density at radius 2 is 2.20 bits per heavy atom. The molecule has 0 saturated carbocycles. The van der Waals surface area contributed by atoms with Gasteiger partial charge in [0, 0.05) is 12.0 Å². The number of hydrogen-bond donors (Lipinski definition) is 1. The third-order valence-electron chi connectivity index (χ3n) is 2.35. The maximum Gasteiger partial charge on any atom is 0.129 e. The summed E-state index contributed by atoms with van der Waals surface area (Å²) in [6.45, 7) is 3.79. The van der Waals surface area contributed by atoms with E-state index < -0.39 is 5.60 Å². The quantitative estimate of drug-likeness (QED) is 0.527. The van der Waals surface area contributed by atoms with Crippen LogP contribution in [0.25, 0.3) is 0 Å². The van der Waals surface area contributed by atoms with Crippen LogP contribution in [0.1, 0.15) is 25.8 Å². The lowest BCUT2D eigenvalue weighted by molar-refractivity contribution is 0.109. The molecule has 80 valence electrons. The van der Waals surface area contributed by atoms with Gasteiger partial charge in [0.2, 0.25) is 0 Å². The zero-order valence-electron chi connectivity index (χ0n) is 8.62. The predicted molar refractivity (Wildman–Crippen MR) is 54.0 cm³/mol. The van der Waals surface area contributed by atoms with Crippen LogP contribution in [0.4, 0.5) is 4.39 Å². The van der Waals surface area contributed by atoms with Gasteiger partial charge < -0.3 is 9.94 Å². The van der Waals surface area contributed by atoms with Gasteiger partial charge in [-0.1, -0.05) is 5.16 Å². The minimum absolute atomic E-state index is 0.363. The molecular weight excluding hydrogens is 197 g/mol. The summed E-state index contributed by atoms with van der Waals surface area (Å²) in [4.78, 5) is 0. The molecule has 2 rings (SSSR count). The summed E-state index contributed by atoms with van der Waals surface area (Å²) in [5, 5.41) is 12.1. The van der Waals surface area contributed by atoms with Gasteiger partial charge in [0.05, 0.1) is 5.71 Å². The average molecular weight is 209 g/mol. The van der Waals surface area contributed by atoms with E-state index in [1.165, 1.54) is 12.1 Å². The maximum atomic E-state index is 13.0. The van der Waals surface area contributed by atoms with Crippen LogP contribution in [0, 0.1) is 5.82 Å². The summed E-state index contributed by atoms with van der Waals surface area (Å²) in [5.74, 6) is 0.193. The second-order valence-corrected chi connectivity index (χ2v) is 4.23. The molecule has 0 radical (unpaired) electrons. The zero-order valence-corrected chi connectivity index (χ0v) is 8.62. The van der Waals surface area contributed by atoms with E-state index >= 15 is 0 Å². The number of oxime groups is 1. The number of ether oxygens (including phenoxy) is 1. The van der Waals surface area contributed by atoms with Gasteiger partial charge in [-0.25, -0.2) is 4.39 Å². The van der Waals surface area contributed by atoms with E-state index in [2.05, 4.69) is 5.16 Å². The van der Waals surface area contributed by atoms with E-state index in [4.69, 9.17) is 9.94 Å². The first-order valence-corrected chi connectivity index (χ1v) is 4.72. The minimum atomic E-state index is -0.424. The Labute approximate surface area is 87.2 Å². The second kappa shape index (κ2) is 3.22. The molecule has 1 aliphatic rings. The molecule has 0 bridgehead atoms. The molecule has 0 atom stereocenters. The maximum absolute atomic E-state index is 13.0. The molecule has 1 aliphatic heterocycles. The molecule has 0 amide bonds. The predicted octanol–water partition coefficient (Wildman–Crippen LogP) is 2.57. The highest BCUT2D eigenvalue weighted by Crippen LogP contribution is 2.33. The summed E-state index contributed by atoms with van der Waals surface area (Å²) in [6.07, 6.45) is 0.458. The molecule has 1 N–H and O–H groups in total. The molecule has 0 fully saturated rings. The fourth-order valence-electron chi connectivity index (χ4n) is 1.74. The molecule has 15 heavy (non-hydrogen) atoms. The first kappa shape index (κ1) is 9.96. The zero-order chi connectivity index (χ0) is 11.1. The number of halogens is 1. The van der Waals surface area contributed by atoms with E-state index in [0.717, 1.165) is 0 Å². The lowest BCUT2D eigenvalue weighted by Gasteiger charge is -2.32. The summed E-state index contributed by atoms with van der Waals surface area (Å²) in [7, 11) is 0. The average Bonchev–Trinajstić information content (AvgIpc) is 2.16. The Kier molecular flexibility index (Phi) is 2.14. The van der Waals surface area contributed by atoms with Crippen LogP contribution in [0.3, 0.4) is 0 Å². The van der Waals surface area contributed by atoms with Gasteiger partial charge in [0.25, 0.3) is 0 Å². The molecule has 4 heteroatoms. The molecule has 1 heterocycles. The number of benzene rings is 1. The van der Waals surface area contributed by atoms with E-state index in [9.17, 15) is 4.39 Å². The van der Waals surface area contributed by atoms with Gasteiger partial charge >= 0.3 is 0 Å². The molecule has 3 nitrogen and oxygen atoms in total. The van der Waals surface area contributed by atoms with Gasteiger partial charge in [0.15, 0.2) is 0 Å². The molecular formula is C11H12FNO2. The third kappa shape index (κ3) is 1.79. The van der Waals surface area contributed by atoms with Crippen LogP contribution in [0.15, 0.2) is 23.4 Å². The highest BCUT2D eigenvalue weighted by atomic mass is 19.1. The van der Waals surface area contributed by atoms with Crippen LogP contribution >= 0.6 is 0 Å². The Hall–Kier alpha value is -1.58. The largest absolute Gasteiger partial charge is 0.487 e. The van der Waals surface area contributed by atoms with Crippen molar-refractivity contribution in [1.29, 1.82) is 0 Å². The molecule has 0 spiro atoms. The molecule has 1 aromatic rings. The van der Waals surface area contributed by atoms with Crippen LogP contribution in [-0.2, 0) is 0 Å². The Bertz CT molecular complexity index is 427. The minimum Gasteiger partial charge on any atom is -0.487 e. The topological polar surface area (TPSA) is 41.8 Å². The summed E-state index contributed by atoms with van der Waals surface area (Å²) in [6, 6.07) is 4.20. The van der Waals surface area contributed by atoms with Crippen molar-refractivity contribution >= 4 is 5.71 Å². The van der Waals surface area contributed by atoms with Gasteiger partial charge in [-0.3, -0.25) is 0 Å². The summed E-state index contributed by atoms with van der Waals surface area (Å²) < 4.78 is 18.7. The Morgan fingerprint density at radius 3 is 2.87 bits per heavy atom. The van der Waals surface area contributed by atoms with Crippen molar-refractivity contribution < 1.29 is 14.3 Å². The number of fused-ring (bicyclic) bond motifs is 1. The van der Waals surface area contributed by atoms with Crippen molar-refractivity contribution in [2.24, 2.45) is 5.16 Å². The molecule has 1 aromatic carbocycles. The number of rotatable bonds is 0. The second-order valence-electron chi connectivity index (χ2n) is 4.23. The monoisotopic (exact) mass is 209 g/mol. The van der Waals surface area contributed by atoms with Gasteiger partial charge in [-0.2, -0.15) is 0 Å². The fourth-order valence-corrected chi connectivity index (χ4v) is 1.74. The van der Waals surface area contributed by atoms with Crippen LogP contribution in [0.5, 0.6) is 5.75 Å². The van der Waals surface area contributed by atoms with Gasteiger partial charge in [-0.05, 0) is 32.0 Å². The fraction of sp³-hybridized carbons (Fsp3) is 0.364. The van der Waals surface area contributed by atoms with Crippen molar-refractivity contribution in [3.05, 3.63) is 29.6 Å². The van der Waals surface area contributed by atoms with Crippen LogP contribution < -0.4 is 4.74 Å². The SMILES string of the molecule is CC1(C)CC(=NO)c2cc(F)ccc2O1. The third-order valence-corrected chi connectivity index (χ3v) is 2.35. The van der Waals surface area contributed by atoms with Crippen molar-refractivity contribution in [2.75, 3.05) is 0 Å². The van der Waals surface area contributed by atoms with E-state index in [1.54, 1.807) is 6.07 Å². The smallest absolute Gasteiger partial charge is 0.129 e. The normalized spacial score (nSPS) is 20.9.